The summed E-state index contributed by atoms with van der Waals surface area (Å²) in [7, 11) is 0. The topological polar surface area (TPSA) is 34.0 Å². The molecular formula is C13H19ClN2O. The fraction of sp³-hybridized carbons (Fsp3) is 0.615. The molecule has 0 saturated heterocycles. The van der Waals surface area contributed by atoms with Crippen molar-refractivity contribution in [2.45, 2.75) is 37.8 Å². The van der Waals surface area contributed by atoms with Crippen molar-refractivity contribution < 1.29 is 0 Å². The van der Waals surface area contributed by atoms with Crippen LogP contribution in [0, 0.1) is 0 Å². The Labute approximate surface area is 107 Å². The van der Waals surface area contributed by atoms with Crippen molar-refractivity contribution >= 4 is 11.6 Å². The number of hydrogen-bond donors (Lipinski definition) is 1. The molecule has 0 spiro atoms. The van der Waals surface area contributed by atoms with Crippen LogP contribution in [0.1, 0.15) is 25.7 Å². The molecule has 1 N–H and O–H groups in total. The molecule has 1 aliphatic rings. The first-order valence-electron chi connectivity index (χ1n) is 6.22. The van der Waals surface area contributed by atoms with Crippen molar-refractivity contribution in [2.24, 2.45) is 0 Å². The third kappa shape index (κ3) is 3.11. The van der Waals surface area contributed by atoms with Gasteiger partial charge >= 0.3 is 0 Å². The first kappa shape index (κ1) is 12.7. The summed E-state index contributed by atoms with van der Waals surface area (Å²) in [5.41, 5.74) is 0.167. The second kappa shape index (κ2) is 5.69. The monoisotopic (exact) mass is 254 g/mol. The zero-order valence-corrected chi connectivity index (χ0v) is 10.7. The molecule has 0 amide bonds. The molecule has 0 aliphatic heterocycles. The Balaban J connectivity index is 1.87. The smallest absolute Gasteiger partial charge is 0.250 e. The van der Waals surface area contributed by atoms with Gasteiger partial charge in [0.15, 0.2) is 0 Å². The van der Waals surface area contributed by atoms with Crippen molar-refractivity contribution in [1.29, 1.82) is 0 Å². The van der Waals surface area contributed by atoms with Crippen LogP contribution in [0.5, 0.6) is 0 Å². The van der Waals surface area contributed by atoms with Crippen LogP contribution in [0.15, 0.2) is 29.2 Å². The van der Waals surface area contributed by atoms with Crippen LogP contribution in [0.25, 0.3) is 0 Å². The minimum atomic E-state index is 0.0562. The Morgan fingerprint density at radius 1 is 1.35 bits per heavy atom. The fourth-order valence-corrected chi connectivity index (χ4v) is 2.86. The predicted octanol–water partition coefficient (Wildman–Crippen LogP) is 1.99. The Morgan fingerprint density at radius 3 is 2.76 bits per heavy atom. The number of nitrogens with one attached hydrogen (secondary N) is 1. The third-order valence-corrected chi connectivity index (χ3v) is 4.08. The number of aromatic nitrogens is 1. The average molecular weight is 255 g/mol. The summed E-state index contributed by atoms with van der Waals surface area (Å²) in [6, 6.07) is 5.24. The summed E-state index contributed by atoms with van der Waals surface area (Å²) in [6.07, 6.45) is 6.64. The number of halogens is 1. The zero-order valence-electron chi connectivity index (χ0n) is 9.99. The highest BCUT2D eigenvalue weighted by molar-refractivity contribution is 6.18. The highest BCUT2D eigenvalue weighted by Gasteiger charge is 2.31. The van der Waals surface area contributed by atoms with Crippen molar-refractivity contribution in [3.63, 3.8) is 0 Å². The fourth-order valence-electron chi connectivity index (χ4n) is 2.50. The summed E-state index contributed by atoms with van der Waals surface area (Å²) in [5, 5.41) is 3.53. The molecule has 2 rings (SSSR count). The Kier molecular flexibility index (Phi) is 4.24. The van der Waals surface area contributed by atoms with Crippen molar-refractivity contribution in [2.75, 3.05) is 12.4 Å². The van der Waals surface area contributed by atoms with Crippen molar-refractivity contribution in [3.8, 4) is 0 Å². The molecule has 1 aliphatic carbocycles. The molecule has 1 saturated carbocycles. The van der Waals surface area contributed by atoms with Gasteiger partial charge in [0.05, 0.1) is 0 Å². The molecule has 0 atom stereocenters. The van der Waals surface area contributed by atoms with E-state index in [4.69, 9.17) is 11.6 Å². The minimum absolute atomic E-state index is 0.0562. The van der Waals surface area contributed by atoms with Gasteiger partial charge in [0.1, 0.15) is 0 Å². The maximum absolute atomic E-state index is 11.5. The average Bonchev–Trinajstić information content (AvgIpc) is 2.81. The number of alkyl halides is 1. The Morgan fingerprint density at radius 2 is 2.12 bits per heavy atom. The van der Waals surface area contributed by atoms with E-state index in [1.165, 1.54) is 12.8 Å². The standard InChI is InChI=1S/C13H19ClN2O/c14-11-13(6-2-3-7-13)15-8-10-16-9-4-1-5-12(16)17/h1,4-5,9,15H,2-3,6-8,10-11H2. The summed E-state index contributed by atoms with van der Waals surface area (Å²) in [4.78, 5) is 11.5. The number of nitrogens with zero attached hydrogens (tertiary/aromatic N) is 1. The minimum Gasteiger partial charge on any atom is -0.314 e. The van der Waals surface area contributed by atoms with Crippen molar-refractivity contribution in [1.82, 2.24) is 9.88 Å². The zero-order chi connectivity index (χ0) is 12.1. The van der Waals surface area contributed by atoms with E-state index in [0.29, 0.717) is 12.4 Å². The van der Waals surface area contributed by atoms with Gasteiger partial charge in [0, 0.05) is 36.8 Å². The molecule has 94 valence electrons. The Hall–Kier alpha value is -0.800. The second-order valence-corrected chi connectivity index (χ2v) is 5.05. The van der Waals surface area contributed by atoms with E-state index in [2.05, 4.69) is 5.32 Å². The normalized spacial score (nSPS) is 18.4. The molecule has 0 bridgehead atoms. The van der Waals surface area contributed by atoms with E-state index in [1.54, 1.807) is 16.7 Å². The van der Waals surface area contributed by atoms with Gasteiger partial charge in [-0.2, -0.15) is 0 Å². The molecule has 1 aromatic heterocycles. The van der Waals surface area contributed by atoms with Gasteiger partial charge in [-0.3, -0.25) is 4.79 Å². The highest BCUT2D eigenvalue weighted by Crippen LogP contribution is 2.30. The van der Waals surface area contributed by atoms with E-state index in [-0.39, 0.29) is 11.1 Å². The lowest BCUT2D eigenvalue weighted by Crippen LogP contribution is -2.46. The van der Waals surface area contributed by atoms with Gasteiger partial charge < -0.3 is 9.88 Å². The van der Waals surface area contributed by atoms with E-state index in [0.717, 1.165) is 19.4 Å². The molecule has 0 unspecified atom stereocenters. The first-order valence-corrected chi connectivity index (χ1v) is 6.76. The molecular weight excluding hydrogens is 236 g/mol. The van der Waals surface area contributed by atoms with Gasteiger partial charge in [-0.15, -0.1) is 11.6 Å². The van der Waals surface area contributed by atoms with Crippen molar-refractivity contribution in [3.05, 3.63) is 34.7 Å². The van der Waals surface area contributed by atoms with Gasteiger partial charge in [-0.05, 0) is 18.9 Å². The summed E-state index contributed by atoms with van der Waals surface area (Å²) in [5.74, 6) is 0.663. The summed E-state index contributed by atoms with van der Waals surface area (Å²) >= 11 is 6.05. The molecule has 0 radical (unpaired) electrons. The molecule has 0 aromatic carbocycles. The van der Waals surface area contributed by atoms with Crippen LogP contribution in [0.2, 0.25) is 0 Å². The molecule has 4 heteroatoms. The number of rotatable bonds is 5. The lowest BCUT2D eigenvalue weighted by molar-refractivity contribution is 0.360. The summed E-state index contributed by atoms with van der Waals surface area (Å²) < 4.78 is 1.73. The lowest BCUT2D eigenvalue weighted by Gasteiger charge is -2.28. The van der Waals surface area contributed by atoms with Gasteiger partial charge in [-0.1, -0.05) is 18.9 Å². The van der Waals surface area contributed by atoms with E-state index >= 15 is 0 Å². The third-order valence-electron chi connectivity index (χ3n) is 3.57. The van der Waals surface area contributed by atoms with Gasteiger partial charge in [0.2, 0.25) is 0 Å². The lowest BCUT2D eigenvalue weighted by atomic mass is 10.0. The van der Waals surface area contributed by atoms with Crippen LogP contribution < -0.4 is 10.9 Å². The quantitative estimate of drug-likeness (QED) is 0.816. The molecule has 1 fully saturated rings. The Bertz CT molecular complexity index is 410. The van der Waals surface area contributed by atoms with Gasteiger partial charge in [0.25, 0.3) is 5.56 Å². The maximum atomic E-state index is 11.5. The molecule has 17 heavy (non-hydrogen) atoms. The number of hydrogen-bond acceptors (Lipinski definition) is 2. The largest absolute Gasteiger partial charge is 0.314 e. The second-order valence-electron chi connectivity index (χ2n) is 4.78. The predicted molar refractivity (Wildman–Crippen MR) is 70.6 cm³/mol. The summed E-state index contributed by atoms with van der Waals surface area (Å²) in [6.45, 7) is 1.51. The molecule has 1 heterocycles. The van der Waals surface area contributed by atoms with Crippen LogP contribution in [-0.2, 0) is 6.54 Å². The number of pyridine rings is 1. The van der Waals surface area contributed by atoms with Crippen LogP contribution >= 0.6 is 11.6 Å². The van der Waals surface area contributed by atoms with E-state index in [9.17, 15) is 4.79 Å². The van der Waals surface area contributed by atoms with Gasteiger partial charge in [-0.25, -0.2) is 0 Å². The van der Waals surface area contributed by atoms with Crippen LogP contribution in [0.4, 0.5) is 0 Å². The molecule has 3 nitrogen and oxygen atoms in total. The van der Waals surface area contributed by atoms with E-state index in [1.807, 2.05) is 12.3 Å². The van der Waals surface area contributed by atoms with Crippen LogP contribution in [-0.4, -0.2) is 22.5 Å². The highest BCUT2D eigenvalue weighted by atomic mass is 35.5. The SMILES string of the molecule is O=c1ccccn1CCNC1(CCl)CCCC1. The maximum Gasteiger partial charge on any atom is 0.250 e. The first-order chi connectivity index (χ1) is 8.26. The van der Waals surface area contributed by atoms with Crippen LogP contribution in [0.3, 0.4) is 0 Å². The molecule has 1 aromatic rings. The van der Waals surface area contributed by atoms with E-state index < -0.39 is 0 Å².